The summed E-state index contributed by atoms with van der Waals surface area (Å²) in [6.45, 7) is 0. The third kappa shape index (κ3) is 5.13. The summed E-state index contributed by atoms with van der Waals surface area (Å²) in [4.78, 5) is 34.6. The summed E-state index contributed by atoms with van der Waals surface area (Å²) >= 11 is 9.03. The molecule has 2 amide bonds. The zero-order valence-corrected chi connectivity index (χ0v) is 20.3. The van der Waals surface area contributed by atoms with Crippen LogP contribution in [0.2, 0.25) is 5.02 Å². The Balaban J connectivity index is 1.60. The second-order valence-corrected chi connectivity index (χ2v) is 9.30. The average Bonchev–Trinajstić information content (AvgIpc) is 3.45. The molecule has 0 atom stereocenters. The lowest BCUT2D eigenvalue weighted by atomic mass is 10.2. The van der Waals surface area contributed by atoms with Crippen LogP contribution in [0.25, 0.3) is 6.08 Å². The highest BCUT2D eigenvalue weighted by molar-refractivity contribution is 8.14. The van der Waals surface area contributed by atoms with Gasteiger partial charge < -0.3 is 9.64 Å². The van der Waals surface area contributed by atoms with Gasteiger partial charge in [-0.15, -0.1) is 11.3 Å². The molecular weight excluding hydrogens is 478 g/mol. The predicted molar refractivity (Wildman–Crippen MR) is 138 cm³/mol. The van der Waals surface area contributed by atoms with Gasteiger partial charge in [-0.3, -0.25) is 14.5 Å². The van der Waals surface area contributed by atoms with Crippen LogP contribution in [0.1, 0.15) is 4.88 Å². The Bertz CT molecular complexity index is 1230. The van der Waals surface area contributed by atoms with Crippen LogP contribution in [0.4, 0.5) is 11.4 Å². The predicted octanol–water partition coefficient (Wildman–Crippen LogP) is 5.55. The smallest absolute Gasteiger partial charge is 0.283 e. The highest BCUT2D eigenvalue weighted by Crippen LogP contribution is 2.34. The zero-order valence-electron chi connectivity index (χ0n) is 17.9. The number of halogens is 1. The average molecular weight is 498 g/mol. The molecule has 2 aromatic carbocycles. The van der Waals surface area contributed by atoms with Gasteiger partial charge in [0, 0.05) is 17.6 Å². The minimum absolute atomic E-state index is 0.107. The lowest BCUT2D eigenvalue weighted by Crippen LogP contribution is -2.33. The van der Waals surface area contributed by atoms with E-state index in [4.69, 9.17) is 16.3 Å². The minimum atomic E-state index is -0.281. The van der Waals surface area contributed by atoms with Crippen molar-refractivity contribution in [2.45, 2.75) is 0 Å². The van der Waals surface area contributed by atoms with Crippen LogP contribution < -0.4 is 14.5 Å². The molecule has 4 rings (SSSR count). The second-order valence-electron chi connectivity index (χ2n) is 6.98. The van der Waals surface area contributed by atoms with Crippen LogP contribution in [0.5, 0.6) is 5.75 Å². The van der Waals surface area contributed by atoms with E-state index >= 15 is 0 Å². The first kappa shape index (κ1) is 23.1. The Hall–Kier alpha value is -3.07. The summed E-state index contributed by atoms with van der Waals surface area (Å²) in [5.41, 5.74) is 1.65. The highest BCUT2D eigenvalue weighted by Gasteiger charge is 2.33. The number of para-hydroxylation sites is 1. The van der Waals surface area contributed by atoms with Crippen LogP contribution in [0.15, 0.2) is 76.7 Å². The number of hydrogen-bond acceptors (Lipinski definition) is 6. The van der Waals surface area contributed by atoms with E-state index in [9.17, 15) is 9.59 Å². The van der Waals surface area contributed by atoms with Gasteiger partial charge in [0.25, 0.3) is 5.91 Å². The maximum atomic E-state index is 13.3. The summed E-state index contributed by atoms with van der Waals surface area (Å²) in [7, 11) is 3.25. The molecule has 6 nitrogen and oxygen atoms in total. The molecule has 33 heavy (non-hydrogen) atoms. The number of thioether (sulfide) groups is 1. The van der Waals surface area contributed by atoms with Gasteiger partial charge in [0.15, 0.2) is 5.17 Å². The van der Waals surface area contributed by atoms with Gasteiger partial charge in [0.05, 0.1) is 23.6 Å². The number of carbonyl (C=O) groups is 2. The minimum Gasteiger partial charge on any atom is -0.495 e. The third-order valence-electron chi connectivity index (χ3n) is 4.89. The molecule has 1 aliphatic heterocycles. The molecule has 0 N–H and O–H groups in total. The van der Waals surface area contributed by atoms with E-state index in [0.29, 0.717) is 27.3 Å². The molecule has 1 aliphatic rings. The summed E-state index contributed by atoms with van der Waals surface area (Å²) in [5.74, 6) is 0.234. The first-order chi connectivity index (χ1) is 16.0. The van der Waals surface area contributed by atoms with Gasteiger partial charge in [0.1, 0.15) is 11.4 Å². The first-order valence-electron chi connectivity index (χ1n) is 9.94. The molecule has 0 fully saturated rings. The number of hydrogen-bond donors (Lipinski definition) is 0. The summed E-state index contributed by atoms with van der Waals surface area (Å²) in [5, 5.41) is 2.73. The number of ether oxygens (including phenoxy) is 1. The van der Waals surface area contributed by atoms with Crippen molar-refractivity contribution in [3.8, 4) is 5.75 Å². The molecule has 0 saturated heterocycles. The summed E-state index contributed by atoms with van der Waals surface area (Å²) < 4.78 is 5.22. The number of amidine groups is 1. The quantitative estimate of drug-likeness (QED) is 0.419. The first-order valence-corrected chi connectivity index (χ1v) is 12.2. The molecule has 9 heteroatoms. The normalized spacial score (nSPS) is 14.5. The van der Waals surface area contributed by atoms with E-state index in [1.54, 1.807) is 36.2 Å². The van der Waals surface area contributed by atoms with Crippen molar-refractivity contribution < 1.29 is 14.3 Å². The molecular formula is C24H20ClN3O3S2. The topological polar surface area (TPSA) is 62.2 Å². The summed E-state index contributed by atoms with van der Waals surface area (Å²) in [6.07, 6.45) is 1.75. The van der Waals surface area contributed by atoms with Crippen LogP contribution in [0.3, 0.4) is 0 Å². The number of aliphatic imine (C=N–C) groups is 1. The zero-order chi connectivity index (χ0) is 23.4. The van der Waals surface area contributed by atoms with Gasteiger partial charge in [-0.1, -0.05) is 47.6 Å². The van der Waals surface area contributed by atoms with Gasteiger partial charge in [-0.05, 0) is 47.9 Å². The molecule has 0 saturated carbocycles. The SMILES string of the molecule is COc1ccc(N2C(=O)C(=Cc3cccs3)N=C2SCC(=O)N(C)c2ccccc2)cc1Cl. The Kier molecular flexibility index (Phi) is 7.17. The maximum Gasteiger partial charge on any atom is 0.283 e. The lowest BCUT2D eigenvalue weighted by Gasteiger charge is -2.20. The lowest BCUT2D eigenvalue weighted by molar-refractivity contribution is -0.116. The van der Waals surface area contributed by atoms with Crippen molar-refractivity contribution in [3.05, 3.63) is 81.6 Å². The van der Waals surface area contributed by atoms with E-state index in [0.717, 1.165) is 10.6 Å². The monoisotopic (exact) mass is 497 g/mol. The Morgan fingerprint density at radius 1 is 1.21 bits per heavy atom. The van der Waals surface area contributed by atoms with Crippen molar-refractivity contribution in [1.82, 2.24) is 0 Å². The Morgan fingerprint density at radius 3 is 2.67 bits per heavy atom. The van der Waals surface area contributed by atoms with Crippen molar-refractivity contribution in [3.63, 3.8) is 0 Å². The third-order valence-corrected chi connectivity index (χ3v) is 6.93. The van der Waals surface area contributed by atoms with E-state index < -0.39 is 0 Å². The molecule has 168 valence electrons. The Morgan fingerprint density at radius 2 is 2.00 bits per heavy atom. The molecule has 0 bridgehead atoms. The van der Waals surface area contributed by atoms with E-state index in [1.165, 1.54) is 35.1 Å². The summed E-state index contributed by atoms with van der Waals surface area (Å²) in [6, 6.07) is 18.3. The molecule has 0 radical (unpaired) electrons. The van der Waals surface area contributed by atoms with Gasteiger partial charge in [-0.25, -0.2) is 4.99 Å². The van der Waals surface area contributed by atoms with Crippen molar-refractivity contribution in [1.29, 1.82) is 0 Å². The number of anilines is 2. The highest BCUT2D eigenvalue weighted by atomic mass is 35.5. The van der Waals surface area contributed by atoms with Gasteiger partial charge in [-0.2, -0.15) is 0 Å². The van der Waals surface area contributed by atoms with Gasteiger partial charge in [0.2, 0.25) is 5.91 Å². The van der Waals surface area contributed by atoms with Crippen LogP contribution in [-0.4, -0.2) is 36.9 Å². The number of rotatable bonds is 6. The van der Waals surface area contributed by atoms with Crippen LogP contribution in [0, 0.1) is 0 Å². The maximum absolute atomic E-state index is 13.3. The molecule has 0 aliphatic carbocycles. The van der Waals surface area contributed by atoms with Crippen LogP contribution in [-0.2, 0) is 9.59 Å². The molecule has 3 aromatic rings. The fourth-order valence-corrected chi connectivity index (χ4v) is 4.97. The number of thiophene rings is 1. The van der Waals surface area contributed by atoms with Crippen LogP contribution >= 0.6 is 34.7 Å². The number of nitrogens with zero attached hydrogens (tertiary/aromatic N) is 3. The van der Waals surface area contributed by atoms with Crippen molar-refractivity contribution in [2.24, 2.45) is 4.99 Å². The van der Waals surface area contributed by atoms with Crippen molar-refractivity contribution >= 4 is 69.1 Å². The Labute approximate surface area is 205 Å². The standard InChI is InChI=1S/C24H20ClN3O3S2/c1-27(16-7-4-3-5-8-16)22(29)15-33-24-26-20(14-18-9-6-12-32-18)23(30)28(24)17-10-11-21(31-2)19(25)13-17/h3-14H,15H2,1-2H3. The van der Waals surface area contributed by atoms with E-state index in [1.807, 2.05) is 47.8 Å². The molecule has 2 heterocycles. The fourth-order valence-electron chi connectivity index (χ4n) is 3.14. The number of benzene rings is 2. The molecule has 0 unspecified atom stereocenters. The number of carbonyl (C=O) groups excluding carboxylic acids is 2. The second kappa shape index (κ2) is 10.2. The number of amides is 2. The number of methoxy groups -OCH3 is 1. The fraction of sp³-hybridized carbons (Fsp3) is 0.125. The molecule has 1 aromatic heterocycles. The van der Waals surface area contributed by atoms with Gasteiger partial charge >= 0.3 is 0 Å². The molecule has 0 spiro atoms. The van der Waals surface area contributed by atoms with E-state index in [2.05, 4.69) is 4.99 Å². The van der Waals surface area contributed by atoms with Crippen molar-refractivity contribution in [2.75, 3.05) is 29.7 Å². The largest absolute Gasteiger partial charge is 0.495 e. The van der Waals surface area contributed by atoms with E-state index in [-0.39, 0.29) is 17.6 Å².